The Hall–Kier alpha value is -0.540. The standard InChI is InChI=1S/C9H10BrNO/c1-5-2-3-6(10)8-7(11)4-12-9(5)8/h2-3,7H,4,11H2,1H3. The van der Waals surface area contributed by atoms with E-state index in [4.69, 9.17) is 10.5 Å². The van der Waals surface area contributed by atoms with Crippen LogP contribution in [0.1, 0.15) is 17.2 Å². The van der Waals surface area contributed by atoms with E-state index in [1.807, 2.05) is 19.1 Å². The molecule has 0 fully saturated rings. The molecule has 0 saturated heterocycles. The van der Waals surface area contributed by atoms with Crippen molar-refractivity contribution in [3.05, 3.63) is 27.7 Å². The fourth-order valence-electron chi connectivity index (χ4n) is 1.48. The molecule has 0 bridgehead atoms. The molecule has 0 radical (unpaired) electrons. The van der Waals surface area contributed by atoms with Crippen LogP contribution in [0.5, 0.6) is 5.75 Å². The molecule has 2 N–H and O–H groups in total. The number of aryl methyl sites for hydroxylation is 1. The maximum Gasteiger partial charge on any atom is 0.128 e. The Morgan fingerprint density at radius 1 is 1.58 bits per heavy atom. The molecule has 1 unspecified atom stereocenters. The van der Waals surface area contributed by atoms with Crippen LogP contribution in [0.4, 0.5) is 0 Å². The average molecular weight is 228 g/mol. The van der Waals surface area contributed by atoms with Crippen LogP contribution in [0.2, 0.25) is 0 Å². The highest BCUT2D eigenvalue weighted by Gasteiger charge is 2.24. The topological polar surface area (TPSA) is 35.2 Å². The number of fused-ring (bicyclic) bond motifs is 1. The zero-order valence-electron chi connectivity index (χ0n) is 6.80. The van der Waals surface area contributed by atoms with Crippen LogP contribution in [0.3, 0.4) is 0 Å². The smallest absolute Gasteiger partial charge is 0.128 e. The van der Waals surface area contributed by atoms with Gasteiger partial charge in [-0.25, -0.2) is 0 Å². The van der Waals surface area contributed by atoms with E-state index in [2.05, 4.69) is 15.9 Å². The largest absolute Gasteiger partial charge is 0.491 e. The summed E-state index contributed by atoms with van der Waals surface area (Å²) in [6, 6.07) is 4.07. The SMILES string of the molecule is Cc1ccc(Br)c2c1OCC2N. The Morgan fingerprint density at radius 3 is 3.00 bits per heavy atom. The lowest BCUT2D eigenvalue weighted by Crippen LogP contribution is -2.11. The summed E-state index contributed by atoms with van der Waals surface area (Å²) in [5.41, 5.74) is 8.12. The molecule has 1 aromatic rings. The molecule has 2 nitrogen and oxygen atoms in total. The first-order valence-electron chi connectivity index (χ1n) is 3.87. The van der Waals surface area contributed by atoms with E-state index in [-0.39, 0.29) is 6.04 Å². The molecule has 12 heavy (non-hydrogen) atoms. The normalized spacial score (nSPS) is 20.4. The van der Waals surface area contributed by atoms with Crippen LogP contribution in [-0.2, 0) is 0 Å². The third-order valence-corrected chi connectivity index (χ3v) is 2.81. The van der Waals surface area contributed by atoms with Gasteiger partial charge in [-0.3, -0.25) is 0 Å². The summed E-state index contributed by atoms with van der Waals surface area (Å²) in [5, 5.41) is 0. The van der Waals surface area contributed by atoms with Crippen molar-refractivity contribution in [2.24, 2.45) is 5.73 Å². The summed E-state index contributed by atoms with van der Waals surface area (Å²) in [4.78, 5) is 0. The van der Waals surface area contributed by atoms with Gasteiger partial charge in [0, 0.05) is 10.0 Å². The number of halogens is 1. The van der Waals surface area contributed by atoms with Crippen LogP contribution >= 0.6 is 15.9 Å². The van der Waals surface area contributed by atoms with Crippen LogP contribution < -0.4 is 10.5 Å². The molecule has 0 saturated carbocycles. The average Bonchev–Trinajstić information content (AvgIpc) is 2.42. The fraction of sp³-hybridized carbons (Fsp3) is 0.333. The third kappa shape index (κ3) is 1.04. The van der Waals surface area contributed by atoms with Crippen molar-refractivity contribution in [2.45, 2.75) is 13.0 Å². The van der Waals surface area contributed by atoms with Crippen molar-refractivity contribution in [3.63, 3.8) is 0 Å². The molecule has 1 aromatic carbocycles. The van der Waals surface area contributed by atoms with E-state index in [0.29, 0.717) is 6.61 Å². The summed E-state index contributed by atoms with van der Waals surface area (Å²) in [5.74, 6) is 0.955. The van der Waals surface area contributed by atoms with Gasteiger partial charge in [-0.05, 0) is 18.6 Å². The van der Waals surface area contributed by atoms with Gasteiger partial charge in [0.1, 0.15) is 12.4 Å². The molecule has 0 spiro atoms. The highest BCUT2D eigenvalue weighted by Crippen LogP contribution is 2.38. The zero-order chi connectivity index (χ0) is 8.72. The van der Waals surface area contributed by atoms with E-state index in [1.54, 1.807) is 0 Å². The predicted octanol–water partition coefficient (Wildman–Crippen LogP) is 2.15. The van der Waals surface area contributed by atoms with E-state index >= 15 is 0 Å². The lowest BCUT2D eigenvalue weighted by molar-refractivity contribution is 0.331. The van der Waals surface area contributed by atoms with Crippen LogP contribution in [0.25, 0.3) is 0 Å². The Morgan fingerprint density at radius 2 is 2.33 bits per heavy atom. The van der Waals surface area contributed by atoms with Gasteiger partial charge in [0.2, 0.25) is 0 Å². The maximum absolute atomic E-state index is 5.86. The number of hydrogen-bond donors (Lipinski definition) is 1. The highest BCUT2D eigenvalue weighted by atomic mass is 79.9. The van der Waals surface area contributed by atoms with Crippen LogP contribution in [0, 0.1) is 6.92 Å². The maximum atomic E-state index is 5.86. The molecule has 2 rings (SSSR count). The summed E-state index contributed by atoms with van der Waals surface area (Å²) in [7, 11) is 0. The Labute approximate surface area is 79.8 Å². The summed E-state index contributed by atoms with van der Waals surface area (Å²) in [6.07, 6.45) is 0. The molecule has 64 valence electrons. The van der Waals surface area contributed by atoms with Crippen molar-refractivity contribution in [1.29, 1.82) is 0 Å². The van der Waals surface area contributed by atoms with Gasteiger partial charge in [-0.1, -0.05) is 22.0 Å². The highest BCUT2D eigenvalue weighted by molar-refractivity contribution is 9.10. The molecule has 1 heterocycles. The first-order chi connectivity index (χ1) is 5.70. The van der Waals surface area contributed by atoms with Crippen molar-refractivity contribution >= 4 is 15.9 Å². The van der Waals surface area contributed by atoms with Crippen molar-refractivity contribution in [3.8, 4) is 5.75 Å². The van der Waals surface area contributed by atoms with Gasteiger partial charge >= 0.3 is 0 Å². The Kier molecular flexibility index (Phi) is 1.85. The minimum absolute atomic E-state index is 0.0225. The second kappa shape index (κ2) is 2.75. The summed E-state index contributed by atoms with van der Waals surface area (Å²) < 4.78 is 6.52. The number of rotatable bonds is 0. The summed E-state index contributed by atoms with van der Waals surface area (Å²) >= 11 is 3.46. The Bertz CT molecular complexity index is 325. The second-order valence-electron chi connectivity index (χ2n) is 3.02. The first-order valence-corrected chi connectivity index (χ1v) is 4.67. The molecule has 1 atom stereocenters. The van der Waals surface area contributed by atoms with Gasteiger partial charge in [0.25, 0.3) is 0 Å². The molecule has 0 aliphatic carbocycles. The lowest BCUT2D eigenvalue weighted by Gasteiger charge is -2.05. The fourth-order valence-corrected chi connectivity index (χ4v) is 2.08. The van der Waals surface area contributed by atoms with Crippen molar-refractivity contribution < 1.29 is 4.74 Å². The summed E-state index contributed by atoms with van der Waals surface area (Å²) in [6.45, 7) is 2.63. The third-order valence-electron chi connectivity index (χ3n) is 2.12. The van der Waals surface area contributed by atoms with E-state index in [0.717, 1.165) is 21.3 Å². The number of benzene rings is 1. The van der Waals surface area contributed by atoms with Crippen molar-refractivity contribution in [1.82, 2.24) is 0 Å². The van der Waals surface area contributed by atoms with Crippen molar-refractivity contribution in [2.75, 3.05) is 6.61 Å². The minimum atomic E-state index is 0.0225. The molecular weight excluding hydrogens is 218 g/mol. The minimum Gasteiger partial charge on any atom is -0.491 e. The van der Waals surface area contributed by atoms with Gasteiger partial charge in [0.15, 0.2) is 0 Å². The van der Waals surface area contributed by atoms with Gasteiger partial charge in [-0.2, -0.15) is 0 Å². The zero-order valence-corrected chi connectivity index (χ0v) is 8.39. The molecule has 0 amide bonds. The van der Waals surface area contributed by atoms with Gasteiger partial charge in [0.05, 0.1) is 6.04 Å². The lowest BCUT2D eigenvalue weighted by atomic mass is 10.1. The molecule has 3 heteroatoms. The second-order valence-corrected chi connectivity index (χ2v) is 3.88. The predicted molar refractivity (Wildman–Crippen MR) is 51.3 cm³/mol. The van der Waals surface area contributed by atoms with Crippen LogP contribution in [-0.4, -0.2) is 6.61 Å². The van der Waals surface area contributed by atoms with E-state index in [1.165, 1.54) is 0 Å². The quantitative estimate of drug-likeness (QED) is 0.738. The molecule has 1 aliphatic rings. The number of hydrogen-bond acceptors (Lipinski definition) is 2. The monoisotopic (exact) mass is 227 g/mol. The van der Waals surface area contributed by atoms with Crippen LogP contribution in [0.15, 0.2) is 16.6 Å². The van der Waals surface area contributed by atoms with Gasteiger partial charge < -0.3 is 10.5 Å². The molecule has 0 aromatic heterocycles. The molecule has 1 aliphatic heterocycles. The van der Waals surface area contributed by atoms with E-state index < -0.39 is 0 Å². The first kappa shape index (κ1) is 8.08. The molecular formula is C9H10BrNO. The number of ether oxygens (including phenoxy) is 1. The van der Waals surface area contributed by atoms with Gasteiger partial charge in [-0.15, -0.1) is 0 Å². The number of nitrogens with two attached hydrogens (primary N) is 1. The Balaban J connectivity index is 2.64. The van der Waals surface area contributed by atoms with E-state index in [9.17, 15) is 0 Å².